The molecule has 3 N–H and O–H groups in total. The minimum atomic E-state index is -0.979. The van der Waals surface area contributed by atoms with E-state index in [1.807, 2.05) is 67.6 Å². The molecule has 0 aliphatic carbocycles. The van der Waals surface area contributed by atoms with Crippen molar-refractivity contribution in [1.82, 2.24) is 10.2 Å². The van der Waals surface area contributed by atoms with Crippen LogP contribution in [-0.4, -0.2) is 78.4 Å². The Balaban J connectivity index is 2.17. The molecule has 7 heteroatoms. The summed E-state index contributed by atoms with van der Waals surface area (Å²) in [6.07, 6.45) is 21.1. The lowest BCUT2D eigenvalue weighted by molar-refractivity contribution is -0.296. The number of rotatable bonds is 3. The summed E-state index contributed by atoms with van der Waals surface area (Å²) in [6.45, 7) is 6.55. The molecule has 8 unspecified atom stereocenters. The molecular weight excluding hydrogens is 456 g/mol. The van der Waals surface area contributed by atoms with E-state index in [1.54, 1.807) is 13.0 Å². The highest BCUT2D eigenvalue weighted by molar-refractivity contribution is 5.87. The molecule has 2 rings (SSSR count). The van der Waals surface area contributed by atoms with Gasteiger partial charge in [0.2, 0.25) is 5.91 Å². The molecule has 200 valence electrons. The van der Waals surface area contributed by atoms with Crippen molar-refractivity contribution in [3.63, 3.8) is 0 Å². The normalized spacial score (nSPS) is 40.5. The number of ether oxygens (including phenoxy) is 2. The smallest absolute Gasteiger partial charge is 0.243 e. The van der Waals surface area contributed by atoms with Gasteiger partial charge < -0.3 is 29.9 Å². The topological polar surface area (TPSA) is 91.3 Å². The first kappa shape index (κ1) is 29.9. The van der Waals surface area contributed by atoms with E-state index in [0.29, 0.717) is 13.0 Å². The van der Waals surface area contributed by atoms with E-state index in [4.69, 9.17) is 9.47 Å². The zero-order valence-corrected chi connectivity index (χ0v) is 22.2. The van der Waals surface area contributed by atoms with Gasteiger partial charge >= 0.3 is 0 Å². The van der Waals surface area contributed by atoms with E-state index in [2.05, 4.69) is 31.3 Å². The zero-order valence-electron chi connectivity index (χ0n) is 22.2. The molecule has 0 saturated carbocycles. The maximum absolute atomic E-state index is 11.9. The molecule has 0 aromatic heterocycles. The third kappa shape index (κ3) is 9.99. The Morgan fingerprint density at radius 1 is 0.917 bits per heavy atom. The fraction of sp³-hybridized carbons (Fsp3) is 0.552. The second-order valence-corrected chi connectivity index (χ2v) is 9.86. The summed E-state index contributed by atoms with van der Waals surface area (Å²) in [5.41, 5.74) is 0. The standard InChI is InChI=1S/C29H44N2O5/c1-21-16-12-8-6-9-13-17-22(2)24(18-14-10-7-11-15-19-25(32)30-20-21)36-29-28(34)26(31(4)5)27(33)23(3)35-29/h6-16,19,21-24,26-29,33-34H,17-18,20H2,1-5H3,(H,30,32)/b8-6-,11-7+,13-9+,14-10-,16-12+,19-15-. The SMILES string of the molecule is CC1/C=C/C=C\C=C\CC(C)C(OC2OC(C)C(O)C(N(C)C)C2O)C\C=C/C=C/C=C\C(=O)NC1. The number of likely N-dealkylation sites (N-methyl/N-ethyl adjacent to an activating group) is 1. The Kier molecular flexibility index (Phi) is 13.1. The van der Waals surface area contributed by atoms with Gasteiger partial charge in [0.1, 0.15) is 6.10 Å². The Labute approximate surface area is 216 Å². The number of nitrogens with zero attached hydrogens (tertiary/aromatic N) is 1. The van der Waals surface area contributed by atoms with Crippen LogP contribution in [0.3, 0.4) is 0 Å². The first-order valence-electron chi connectivity index (χ1n) is 12.8. The lowest BCUT2D eigenvalue weighted by Gasteiger charge is -2.45. The molecular formula is C29H44N2O5. The summed E-state index contributed by atoms with van der Waals surface area (Å²) < 4.78 is 12.2. The Morgan fingerprint density at radius 3 is 2.25 bits per heavy atom. The second kappa shape index (κ2) is 15.7. The number of hydrogen-bond acceptors (Lipinski definition) is 6. The number of aliphatic hydroxyl groups is 2. The highest BCUT2D eigenvalue weighted by Crippen LogP contribution is 2.28. The molecule has 1 amide bonds. The number of hydrogen-bond donors (Lipinski definition) is 3. The first-order valence-corrected chi connectivity index (χ1v) is 12.8. The van der Waals surface area contributed by atoms with Crippen LogP contribution in [0.15, 0.2) is 72.9 Å². The van der Waals surface area contributed by atoms with Gasteiger partial charge in [-0.25, -0.2) is 0 Å². The van der Waals surface area contributed by atoms with Crippen molar-refractivity contribution in [3.8, 4) is 0 Å². The molecule has 0 radical (unpaired) electrons. The van der Waals surface area contributed by atoms with Crippen molar-refractivity contribution in [2.24, 2.45) is 11.8 Å². The molecule has 0 bridgehead atoms. The number of amides is 1. The second-order valence-electron chi connectivity index (χ2n) is 9.86. The van der Waals surface area contributed by atoms with Gasteiger partial charge in [-0.15, -0.1) is 0 Å². The number of aliphatic hydroxyl groups excluding tert-OH is 2. The van der Waals surface area contributed by atoms with E-state index in [1.165, 1.54) is 6.08 Å². The maximum atomic E-state index is 11.9. The number of nitrogens with one attached hydrogen (secondary N) is 1. The lowest BCUT2D eigenvalue weighted by atomic mass is 9.94. The van der Waals surface area contributed by atoms with Crippen molar-refractivity contribution in [2.45, 2.75) is 70.4 Å². The summed E-state index contributed by atoms with van der Waals surface area (Å²) in [5.74, 6) is 0.260. The van der Waals surface area contributed by atoms with E-state index >= 15 is 0 Å². The van der Waals surface area contributed by atoms with E-state index < -0.39 is 30.6 Å². The highest BCUT2D eigenvalue weighted by Gasteiger charge is 2.45. The van der Waals surface area contributed by atoms with Gasteiger partial charge in [0.05, 0.1) is 24.4 Å². The van der Waals surface area contributed by atoms with Gasteiger partial charge in [-0.3, -0.25) is 4.79 Å². The third-order valence-electron chi connectivity index (χ3n) is 6.45. The van der Waals surface area contributed by atoms with Crippen LogP contribution >= 0.6 is 0 Å². The molecule has 7 nitrogen and oxygen atoms in total. The Bertz CT molecular complexity index is 845. The summed E-state index contributed by atoms with van der Waals surface area (Å²) in [5, 5.41) is 24.3. The van der Waals surface area contributed by atoms with Crippen LogP contribution in [0.25, 0.3) is 0 Å². The highest BCUT2D eigenvalue weighted by atomic mass is 16.7. The third-order valence-corrected chi connectivity index (χ3v) is 6.45. The van der Waals surface area contributed by atoms with Gasteiger partial charge in [0.25, 0.3) is 0 Å². The van der Waals surface area contributed by atoms with Crippen LogP contribution in [0.4, 0.5) is 0 Å². The molecule has 2 heterocycles. The summed E-state index contributed by atoms with van der Waals surface area (Å²) in [7, 11) is 3.66. The minimum Gasteiger partial charge on any atom is -0.389 e. The zero-order chi connectivity index (χ0) is 26.5. The molecule has 0 aromatic rings. The van der Waals surface area contributed by atoms with Crippen LogP contribution < -0.4 is 5.32 Å². The van der Waals surface area contributed by atoms with Crippen LogP contribution in [0.2, 0.25) is 0 Å². The average Bonchev–Trinajstić information content (AvgIpc) is 2.83. The molecule has 0 aromatic carbocycles. The number of carbonyl (C=O) groups is 1. The van der Waals surface area contributed by atoms with Crippen molar-refractivity contribution >= 4 is 5.91 Å². The fourth-order valence-electron chi connectivity index (χ4n) is 4.19. The number of allylic oxidation sites excluding steroid dienone is 9. The first-order chi connectivity index (χ1) is 17.2. The van der Waals surface area contributed by atoms with Crippen molar-refractivity contribution in [2.75, 3.05) is 20.6 Å². The predicted octanol–water partition coefficient (Wildman–Crippen LogP) is 3.29. The van der Waals surface area contributed by atoms with Crippen molar-refractivity contribution < 1.29 is 24.5 Å². The quantitative estimate of drug-likeness (QED) is 0.551. The molecule has 36 heavy (non-hydrogen) atoms. The molecule has 8 atom stereocenters. The van der Waals surface area contributed by atoms with Gasteiger partial charge in [-0.05, 0) is 45.7 Å². The largest absolute Gasteiger partial charge is 0.389 e. The van der Waals surface area contributed by atoms with Crippen LogP contribution in [-0.2, 0) is 14.3 Å². The van der Waals surface area contributed by atoms with Crippen molar-refractivity contribution in [3.05, 3.63) is 72.9 Å². The Hall–Kier alpha value is -2.29. The number of carbonyl (C=O) groups excluding carboxylic acids is 1. The van der Waals surface area contributed by atoms with Gasteiger partial charge in [0.15, 0.2) is 6.29 Å². The Morgan fingerprint density at radius 2 is 1.56 bits per heavy atom. The predicted molar refractivity (Wildman–Crippen MR) is 144 cm³/mol. The molecule has 2 aliphatic rings. The van der Waals surface area contributed by atoms with Crippen LogP contribution in [0.5, 0.6) is 0 Å². The van der Waals surface area contributed by atoms with Gasteiger partial charge in [0, 0.05) is 12.6 Å². The van der Waals surface area contributed by atoms with Crippen LogP contribution in [0, 0.1) is 11.8 Å². The van der Waals surface area contributed by atoms with E-state index in [0.717, 1.165) is 6.42 Å². The van der Waals surface area contributed by atoms with E-state index in [9.17, 15) is 15.0 Å². The summed E-state index contributed by atoms with van der Waals surface area (Å²) >= 11 is 0. The molecule has 0 spiro atoms. The molecule has 2 aliphatic heterocycles. The fourth-order valence-corrected chi connectivity index (χ4v) is 4.19. The summed E-state index contributed by atoms with van der Waals surface area (Å²) in [6, 6.07) is -0.482. The maximum Gasteiger partial charge on any atom is 0.243 e. The molecule has 1 saturated heterocycles. The monoisotopic (exact) mass is 500 g/mol. The average molecular weight is 501 g/mol. The minimum absolute atomic E-state index is 0.125. The molecule has 1 fully saturated rings. The summed E-state index contributed by atoms with van der Waals surface area (Å²) in [4.78, 5) is 13.8. The van der Waals surface area contributed by atoms with Crippen LogP contribution in [0.1, 0.15) is 33.6 Å². The van der Waals surface area contributed by atoms with Gasteiger partial charge in [-0.1, -0.05) is 80.7 Å². The van der Waals surface area contributed by atoms with Gasteiger partial charge in [-0.2, -0.15) is 0 Å². The van der Waals surface area contributed by atoms with Crippen molar-refractivity contribution in [1.29, 1.82) is 0 Å². The lowest BCUT2D eigenvalue weighted by Crippen LogP contribution is -2.62. The van der Waals surface area contributed by atoms with E-state index in [-0.39, 0.29) is 23.8 Å².